The second kappa shape index (κ2) is 5.38. The summed E-state index contributed by atoms with van der Waals surface area (Å²) < 4.78 is 0. The van der Waals surface area contributed by atoms with Gasteiger partial charge in [0.15, 0.2) is 0 Å². The van der Waals surface area contributed by atoms with Crippen LogP contribution in [0.2, 0.25) is 0 Å². The Balaban J connectivity index is 2.46. The maximum absolute atomic E-state index is 4.39. The van der Waals surface area contributed by atoms with E-state index < -0.39 is 0 Å². The van der Waals surface area contributed by atoms with E-state index in [9.17, 15) is 0 Å². The fraction of sp³-hybridized carbons (Fsp3) is 0.875. The van der Waals surface area contributed by atoms with Crippen LogP contribution in [0.1, 0.15) is 66.7 Å². The molecule has 0 N–H and O–H groups in total. The van der Waals surface area contributed by atoms with E-state index >= 15 is 0 Å². The van der Waals surface area contributed by atoms with Crippen LogP contribution in [0.5, 0.6) is 0 Å². The molecule has 0 aromatic heterocycles. The lowest BCUT2D eigenvalue weighted by Gasteiger charge is -2.29. The van der Waals surface area contributed by atoms with Crippen molar-refractivity contribution in [1.82, 2.24) is 0 Å². The zero-order chi connectivity index (χ0) is 12.3. The first-order chi connectivity index (χ1) is 7.42. The molecule has 0 heteroatoms. The molecule has 0 heterocycles. The van der Waals surface area contributed by atoms with Crippen molar-refractivity contribution >= 4 is 0 Å². The molecule has 0 aromatic rings. The van der Waals surface area contributed by atoms with Crippen molar-refractivity contribution in [1.29, 1.82) is 0 Å². The summed E-state index contributed by atoms with van der Waals surface area (Å²) in [5, 5.41) is 0. The van der Waals surface area contributed by atoms with Gasteiger partial charge in [-0.15, -0.1) is 0 Å². The lowest BCUT2D eigenvalue weighted by Crippen LogP contribution is -2.20. The summed E-state index contributed by atoms with van der Waals surface area (Å²) >= 11 is 0. The monoisotopic (exact) mass is 222 g/mol. The maximum atomic E-state index is 4.39. The van der Waals surface area contributed by atoms with E-state index in [1.165, 1.54) is 37.7 Å². The van der Waals surface area contributed by atoms with Gasteiger partial charge in [0.25, 0.3) is 0 Å². The van der Waals surface area contributed by atoms with Crippen LogP contribution in [0, 0.1) is 23.2 Å². The quantitative estimate of drug-likeness (QED) is 0.503. The maximum Gasteiger partial charge on any atom is -0.0178 e. The fourth-order valence-electron chi connectivity index (χ4n) is 2.61. The standard InChI is InChI=1S/C16H30/c1-7-8-9-12(2)13(3)14(4)15(5)16(6)10-11-16/h12-13,15H,4,7-11H2,1-3,5-6H3. The first-order valence-corrected chi connectivity index (χ1v) is 7.11. The van der Waals surface area contributed by atoms with Gasteiger partial charge in [0.2, 0.25) is 0 Å². The first kappa shape index (κ1) is 13.8. The normalized spacial score (nSPS) is 23.6. The van der Waals surface area contributed by atoms with Crippen LogP contribution >= 0.6 is 0 Å². The average molecular weight is 222 g/mol. The zero-order valence-corrected chi connectivity index (χ0v) is 12.0. The summed E-state index contributed by atoms with van der Waals surface area (Å²) in [5.74, 6) is 2.21. The molecule has 3 unspecified atom stereocenters. The average Bonchev–Trinajstić information content (AvgIpc) is 3.02. The lowest BCUT2D eigenvalue weighted by molar-refractivity contribution is 0.326. The molecule has 1 aliphatic carbocycles. The van der Waals surface area contributed by atoms with Crippen molar-refractivity contribution in [3.63, 3.8) is 0 Å². The summed E-state index contributed by atoms with van der Waals surface area (Å²) in [7, 11) is 0. The van der Waals surface area contributed by atoms with E-state index in [1.807, 2.05) is 0 Å². The molecule has 16 heavy (non-hydrogen) atoms. The Labute approximate surface area is 103 Å². The van der Waals surface area contributed by atoms with Gasteiger partial charge in [-0.25, -0.2) is 0 Å². The van der Waals surface area contributed by atoms with Crippen LogP contribution in [0.25, 0.3) is 0 Å². The summed E-state index contributed by atoms with van der Waals surface area (Å²) in [6, 6.07) is 0. The van der Waals surface area contributed by atoms with Gasteiger partial charge in [-0.3, -0.25) is 0 Å². The van der Waals surface area contributed by atoms with Crippen LogP contribution in [0.3, 0.4) is 0 Å². The highest BCUT2D eigenvalue weighted by Gasteiger charge is 2.44. The van der Waals surface area contributed by atoms with Crippen molar-refractivity contribution in [2.45, 2.75) is 66.7 Å². The number of rotatable bonds is 7. The van der Waals surface area contributed by atoms with Crippen molar-refractivity contribution in [3.05, 3.63) is 12.2 Å². The molecule has 0 radical (unpaired) electrons. The molecule has 3 atom stereocenters. The smallest absolute Gasteiger partial charge is 0.0178 e. The molecule has 0 saturated heterocycles. The number of hydrogen-bond acceptors (Lipinski definition) is 0. The van der Waals surface area contributed by atoms with Gasteiger partial charge in [-0.05, 0) is 36.0 Å². The Morgan fingerprint density at radius 3 is 2.25 bits per heavy atom. The summed E-state index contributed by atoms with van der Waals surface area (Å²) in [4.78, 5) is 0. The van der Waals surface area contributed by atoms with E-state index in [2.05, 4.69) is 41.2 Å². The lowest BCUT2D eigenvalue weighted by atomic mass is 9.76. The highest BCUT2D eigenvalue weighted by Crippen LogP contribution is 2.54. The van der Waals surface area contributed by atoms with Gasteiger partial charge in [0.05, 0.1) is 0 Å². The van der Waals surface area contributed by atoms with E-state index in [0.29, 0.717) is 17.3 Å². The molecule has 1 rings (SSSR count). The summed E-state index contributed by atoms with van der Waals surface area (Å²) in [6.45, 7) is 16.3. The van der Waals surface area contributed by atoms with Crippen molar-refractivity contribution in [2.75, 3.05) is 0 Å². The Hall–Kier alpha value is -0.260. The Morgan fingerprint density at radius 1 is 1.25 bits per heavy atom. The van der Waals surface area contributed by atoms with Crippen LogP contribution in [0.15, 0.2) is 12.2 Å². The number of hydrogen-bond donors (Lipinski definition) is 0. The number of unbranched alkanes of at least 4 members (excludes halogenated alkanes) is 1. The van der Waals surface area contributed by atoms with Crippen molar-refractivity contribution in [2.24, 2.45) is 23.2 Å². The van der Waals surface area contributed by atoms with E-state index in [0.717, 1.165) is 5.92 Å². The van der Waals surface area contributed by atoms with E-state index in [4.69, 9.17) is 0 Å². The molecule has 1 fully saturated rings. The largest absolute Gasteiger partial charge is 0.0993 e. The molecule has 0 aliphatic heterocycles. The second-order valence-electron chi connectivity index (χ2n) is 6.36. The Kier molecular flexibility index (Phi) is 4.64. The van der Waals surface area contributed by atoms with Gasteiger partial charge in [0.1, 0.15) is 0 Å². The van der Waals surface area contributed by atoms with E-state index in [-0.39, 0.29) is 0 Å². The minimum atomic E-state index is 0.593. The Morgan fingerprint density at radius 2 is 1.81 bits per heavy atom. The molecule has 1 saturated carbocycles. The van der Waals surface area contributed by atoms with Gasteiger partial charge in [-0.1, -0.05) is 66.0 Å². The predicted octanol–water partition coefficient (Wildman–Crippen LogP) is 5.44. The van der Waals surface area contributed by atoms with Crippen LogP contribution in [-0.4, -0.2) is 0 Å². The van der Waals surface area contributed by atoms with Gasteiger partial charge < -0.3 is 0 Å². The molecule has 0 spiro atoms. The summed E-state index contributed by atoms with van der Waals surface area (Å²) in [5.41, 5.74) is 2.10. The number of allylic oxidation sites excluding steroid dienone is 1. The SMILES string of the molecule is C=C(C(C)C(C)CCCC)C(C)C1(C)CC1. The third kappa shape index (κ3) is 3.12. The van der Waals surface area contributed by atoms with Crippen molar-refractivity contribution < 1.29 is 0 Å². The first-order valence-electron chi connectivity index (χ1n) is 7.11. The topological polar surface area (TPSA) is 0 Å². The molecule has 0 bridgehead atoms. The fourth-order valence-corrected chi connectivity index (χ4v) is 2.61. The Bertz CT molecular complexity index is 234. The van der Waals surface area contributed by atoms with Crippen LogP contribution < -0.4 is 0 Å². The molecule has 1 aliphatic rings. The molecular weight excluding hydrogens is 192 g/mol. The van der Waals surface area contributed by atoms with Gasteiger partial charge >= 0.3 is 0 Å². The third-order valence-corrected chi connectivity index (χ3v) is 5.09. The van der Waals surface area contributed by atoms with E-state index in [1.54, 1.807) is 0 Å². The minimum absolute atomic E-state index is 0.593. The highest BCUT2D eigenvalue weighted by atomic mass is 14.5. The van der Waals surface area contributed by atoms with Crippen molar-refractivity contribution in [3.8, 4) is 0 Å². The minimum Gasteiger partial charge on any atom is -0.0993 e. The molecule has 94 valence electrons. The highest BCUT2D eigenvalue weighted by molar-refractivity contribution is 5.13. The predicted molar refractivity (Wildman–Crippen MR) is 73.5 cm³/mol. The van der Waals surface area contributed by atoms with Gasteiger partial charge in [0, 0.05) is 0 Å². The molecule has 0 amide bonds. The van der Waals surface area contributed by atoms with Gasteiger partial charge in [-0.2, -0.15) is 0 Å². The zero-order valence-electron chi connectivity index (χ0n) is 12.0. The molecule has 0 nitrogen and oxygen atoms in total. The molecule has 0 aromatic carbocycles. The van der Waals surface area contributed by atoms with Crippen LogP contribution in [0.4, 0.5) is 0 Å². The summed E-state index contributed by atoms with van der Waals surface area (Å²) in [6.07, 6.45) is 6.86. The van der Waals surface area contributed by atoms with Crippen LogP contribution in [-0.2, 0) is 0 Å². The third-order valence-electron chi connectivity index (χ3n) is 5.09. The second-order valence-corrected chi connectivity index (χ2v) is 6.36. The molecular formula is C16H30.